The zero-order valence-electron chi connectivity index (χ0n) is 15.3. The number of carbonyl (C=O) groups excluding carboxylic acids is 1. The Morgan fingerprint density at radius 2 is 1.42 bits per heavy atom. The molecular weight excluding hydrogens is 340 g/mol. The number of hydrogen-bond donors (Lipinski definition) is 0. The van der Waals surface area contributed by atoms with Gasteiger partial charge in [-0.25, -0.2) is 0 Å². The molecule has 0 radical (unpaired) electrons. The van der Waals surface area contributed by atoms with Crippen molar-refractivity contribution < 1.29 is 37.9 Å². The van der Waals surface area contributed by atoms with Crippen molar-refractivity contribution in [2.45, 2.75) is 75.4 Å². The van der Waals surface area contributed by atoms with Crippen molar-refractivity contribution in [2.75, 3.05) is 14.2 Å². The van der Waals surface area contributed by atoms with Crippen molar-refractivity contribution in [1.29, 1.82) is 0 Å². The normalized spacial score (nSPS) is 19.2. The molecule has 0 amide bonds. The SMILES string of the molecule is CCCC(=O)[O][Ti+2][CH]1C2=C(CCCC2)C2=C1CCCC2.C[O-].C[O-]. The number of fused-ring (bicyclic) bond motifs is 1. The van der Waals surface area contributed by atoms with E-state index in [1.165, 1.54) is 51.4 Å². The summed E-state index contributed by atoms with van der Waals surface area (Å²) < 4.78 is 6.25. The molecule has 3 aliphatic rings. The molecule has 0 bridgehead atoms. The molecule has 0 aromatic heterocycles. The summed E-state index contributed by atoms with van der Waals surface area (Å²) in [6.45, 7) is 2.04. The molecular formula is C19H30O4Ti. The third kappa shape index (κ3) is 5.29. The molecule has 24 heavy (non-hydrogen) atoms. The Morgan fingerprint density at radius 3 is 1.88 bits per heavy atom. The largest absolute Gasteiger partial charge is 0.857 e. The summed E-state index contributed by atoms with van der Waals surface area (Å²) >= 11 is -0.638. The number of hydrogen-bond acceptors (Lipinski definition) is 4. The standard InChI is InChI=1S/C13H17.C4H8O2.2CH3O.Ti/c1-3-7-12-10(5-1)9-11-6-2-4-8-13(11)12;1-2-3-4(5)6;2*1-2;/h9H,1-8H2;2-3H2,1H3,(H,5,6);2*1H3;/q;;2*-1;+3/p-1. The van der Waals surface area contributed by atoms with Gasteiger partial charge < -0.3 is 10.2 Å². The molecule has 0 aliphatic heterocycles. The molecule has 0 fully saturated rings. The van der Waals surface area contributed by atoms with Gasteiger partial charge in [0.25, 0.3) is 0 Å². The maximum Gasteiger partial charge on any atom is -0.153 e. The van der Waals surface area contributed by atoms with Crippen molar-refractivity contribution in [3.63, 3.8) is 0 Å². The van der Waals surface area contributed by atoms with E-state index in [9.17, 15) is 4.79 Å². The van der Waals surface area contributed by atoms with Crippen LogP contribution >= 0.6 is 0 Å². The average Bonchev–Trinajstić information content (AvgIpc) is 2.98. The first kappa shape index (κ1) is 21.6. The van der Waals surface area contributed by atoms with Gasteiger partial charge >= 0.3 is 131 Å². The van der Waals surface area contributed by atoms with Gasteiger partial charge in [-0.3, -0.25) is 0 Å². The minimum Gasteiger partial charge on any atom is -0.857 e. The average molecular weight is 370 g/mol. The summed E-state index contributed by atoms with van der Waals surface area (Å²) in [6.07, 6.45) is 12.0. The first-order valence-electron chi connectivity index (χ1n) is 9.02. The Morgan fingerprint density at radius 1 is 0.958 bits per heavy atom. The fourth-order valence-electron chi connectivity index (χ4n) is 3.92. The molecule has 3 rings (SSSR count). The van der Waals surface area contributed by atoms with E-state index in [4.69, 9.17) is 13.5 Å². The Bertz CT molecular complexity index is 436. The maximum atomic E-state index is 11.7. The van der Waals surface area contributed by atoms with Crippen LogP contribution in [0.15, 0.2) is 22.3 Å². The molecule has 5 heteroatoms. The molecule has 3 aliphatic carbocycles. The van der Waals surface area contributed by atoms with E-state index in [1.807, 2.05) is 6.92 Å². The zero-order valence-corrected chi connectivity index (χ0v) is 16.8. The predicted octanol–water partition coefficient (Wildman–Crippen LogP) is 2.82. The molecule has 0 N–H and O–H groups in total. The van der Waals surface area contributed by atoms with Crippen LogP contribution in [0.1, 0.15) is 71.1 Å². The van der Waals surface area contributed by atoms with Gasteiger partial charge in [-0.05, 0) is 0 Å². The van der Waals surface area contributed by atoms with Gasteiger partial charge in [0.2, 0.25) is 0 Å². The van der Waals surface area contributed by atoms with E-state index in [-0.39, 0.29) is 5.97 Å². The van der Waals surface area contributed by atoms with E-state index in [0.717, 1.165) is 20.6 Å². The van der Waals surface area contributed by atoms with Gasteiger partial charge in [0.1, 0.15) is 0 Å². The summed E-state index contributed by atoms with van der Waals surface area (Å²) in [5.41, 5.74) is 6.78. The van der Waals surface area contributed by atoms with Crippen LogP contribution in [0.5, 0.6) is 0 Å². The summed E-state index contributed by atoms with van der Waals surface area (Å²) in [5.74, 6) is 0.0373. The second kappa shape index (κ2) is 12.0. The Balaban J connectivity index is 0.000000671. The van der Waals surface area contributed by atoms with Gasteiger partial charge in [-0.15, -0.1) is 0 Å². The zero-order chi connectivity index (χ0) is 17.9. The molecule has 4 nitrogen and oxygen atoms in total. The van der Waals surface area contributed by atoms with Crippen LogP contribution in [0.2, 0.25) is 4.22 Å². The Kier molecular flexibility index (Phi) is 10.8. The number of allylic oxidation sites excluding steroid dienone is 4. The molecule has 0 saturated heterocycles. The Labute approximate surface area is 155 Å². The molecule has 0 spiro atoms. The molecule has 0 unspecified atom stereocenters. The van der Waals surface area contributed by atoms with Gasteiger partial charge in [0.05, 0.1) is 0 Å². The van der Waals surface area contributed by atoms with E-state index in [0.29, 0.717) is 10.6 Å². The summed E-state index contributed by atoms with van der Waals surface area (Å²) in [6, 6.07) is 0. The minimum atomic E-state index is -0.638. The fraction of sp³-hybridized carbons (Fsp3) is 0.737. The third-order valence-electron chi connectivity index (χ3n) is 4.83. The summed E-state index contributed by atoms with van der Waals surface area (Å²) in [7, 11) is 1.50. The van der Waals surface area contributed by atoms with Crippen LogP contribution in [0, 0.1) is 0 Å². The third-order valence-corrected chi connectivity index (χ3v) is 6.82. The molecule has 0 aromatic rings. The van der Waals surface area contributed by atoms with Crippen molar-refractivity contribution in [1.82, 2.24) is 0 Å². The van der Waals surface area contributed by atoms with E-state index >= 15 is 0 Å². The van der Waals surface area contributed by atoms with E-state index in [1.54, 1.807) is 22.3 Å². The minimum absolute atomic E-state index is 0.0373. The van der Waals surface area contributed by atoms with Crippen LogP contribution in [0.25, 0.3) is 0 Å². The molecule has 0 heterocycles. The van der Waals surface area contributed by atoms with Gasteiger partial charge in [-0.1, -0.05) is 0 Å². The second-order valence-corrected chi connectivity index (χ2v) is 7.79. The second-order valence-electron chi connectivity index (χ2n) is 6.20. The Hall–Kier alpha value is -0.416. The monoisotopic (exact) mass is 370 g/mol. The topological polar surface area (TPSA) is 72.4 Å². The van der Waals surface area contributed by atoms with Crippen LogP contribution in [0.4, 0.5) is 0 Å². The molecule has 0 atom stereocenters. The van der Waals surface area contributed by atoms with E-state index in [2.05, 4.69) is 0 Å². The van der Waals surface area contributed by atoms with Crippen LogP contribution in [0.3, 0.4) is 0 Å². The predicted molar refractivity (Wildman–Crippen MR) is 87.6 cm³/mol. The number of carbonyl (C=O) groups is 1. The van der Waals surface area contributed by atoms with Crippen molar-refractivity contribution in [3.05, 3.63) is 22.3 Å². The first-order chi connectivity index (χ1) is 11.8. The van der Waals surface area contributed by atoms with Crippen LogP contribution < -0.4 is 10.2 Å². The van der Waals surface area contributed by atoms with Crippen molar-refractivity contribution in [3.8, 4) is 0 Å². The molecule has 0 aromatic carbocycles. The summed E-state index contributed by atoms with van der Waals surface area (Å²) in [5, 5.41) is 16.5. The quantitative estimate of drug-likeness (QED) is 0.714. The number of rotatable bonds is 4. The van der Waals surface area contributed by atoms with Gasteiger partial charge in [0, 0.05) is 0 Å². The smallest absolute Gasteiger partial charge is 0.153 e. The fourth-order valence-corrected chi connectivity index (χ4v) is 5.90. The van der Waals surface area contributed by atoms with Crippen LogP contribution in [-0.4, -0.2) is 20.2 Å². The van der Waals surface area contributed by atoms with Crippen molar-refractivity contribution >= 4 is 5.97 Å². The maximum absolute atomic E-state index is 11.7. The summed E-state index contributed by atoms with van der Waals surface area (Å²) in [4.78, 5) is 11.7. The van der Waals surface area contributed by atoms with Gasteiger partial charge in [0.15, 0.2) is 0 Å². The molecule has 134 valence electrons. The first-order valence-corrected chi connectivity index (χ1v) is 10.6. The van der Waals surface area contributed by atoms with Gasteiger partial charge in [-0.2, -0.15) is 14.2 Å². The molecule has 0 saturated carbocycles. The van der Waals surface area contributed by atoms with E-state index < -0.39 is 19.5 Å². The van der Waals surface area contributed by atoms with Crippen molar-refractivity contribution in [2.24, 2.45) is 0 Å². The van der Waals surface area contributed by atoms with Crippen LogP contribution in [-0.2, 0) is 27.7 Å².